The van der Waals surface area contributed by atoms with E-state index in [4.69, 9.17) is 9.84 Å². The van der Waals surface area contributed by atoms with Crippen molar-refractivity contribution in [1.29, 1.82) is 0 Å². The van der Waals surface area contributed by atoms with Gasteiger partial charge in [-0.2, -0.15) is 4.98 Å². The molecule has 92 valence electrons. The molecule has 2 aromatic rings. The molecule has 0 saturated carbocycles. The SMILES string of the molecule is O=C(O)c1ccnc(OCCc2ccccn2)n1. The van der Waals surface area contributed by atoms with Gasteiger partial charge in [0.2, 0.25) is 0 Å². The molecular formula is C12H11N3O3. The number of nitrogens with zero attached hydrogens (tertiary/aromatic N) is 3. The molecule has 0 bridgehead atoms. The maximum atomic E-state index is 10.7. The zero-order valence-corrected chi connectivity index (χ0v) is 9.48. The Bertz CT molecular complexity index is 531. The molecule has 2 aromatic heterocycles. The van der Waals surface area contributed by atoms with Crippen molar-refractivity contribution in [3.63, 3.8) is 0 Å². The number of carboxylic acid groups (broad SMARTS) is 1. The minimum absolute atomic E-state index is 0.0610. The minimum atomic E-state index is -1.10. The molecular weight excluding hydrogens is 234 g/mol. The lowest BCUT2D eigenvalue weighted by Crippen LogP contribution is -2.08. The van der Waals surface area contributed by atoms with E-state index in [1.54, 1.807) is 6.20 Å². The van der Waals surface area contributed by atoms with Crippen molar-refractivity contribution >= 4 is 5.97 Å². The highest BCUT2D eigenvalue weighted by molar-refractivity contribution is 5.85. The maximum absolute atomic E-state index is 10.7. The summed E-state index contributed by atoms with van der Waals surface area (Å²) in [6.45, 7) is 0.347. The van der Waals surface area contributed by atoms with E-state index in [2.05, 4.69) is 15.0 Å². The van der Waals surface area contributed by atoms with Crippen LogP contribution >= 0.6 is 0 Å². The first-order chi connectivity index (χ1) is 8.75. The van der Waals surface area contributed by atoms with E-state index < -0.39 is 5.97 Å². The van der Waals surface area contributed by atoms with E-state index in [0.29, 0.717) is 13.0 Å². The topological polar surface area (TPSA) is 85.2 Å². The zero-order chi connectivity index (χ0) is 12.8. The third kappa shape index (κ3) is 3.24. The predicted octanol–water partition coefficient (Wildman–Crippen LogP) is 1.19. The van der Waals surface area contributed by atoms with E-state index in [1.165, 1.54) is 12.3 Å². The summed E-state index contributed by atoms with van der Waals surface area (Å²) in [5.41, 5.74) is 0.810. The van der Waals surface area contributed by atoms with Crippen LogP contribution in [-0.2, 0) is 6.42 Å². The largest absolute Gasteiger partial charge is 0.477 e. The van der Waals surface area contributed by atoms with Gasteiger partial charge in [-0.3, -0.25) is 4.98 Å². The van der Waals surface area contributed by atoms with E-state index in [0.717, 1.165) is 5.69 Å². The summed E-state index contributed by atoms with van der Waals surface area (Å²) in [4.78, 5) is 22.4. The molecule has 0 unspecified atom stereocenters. The quantitative estimate of drug-likeness (QED) is 0.851. The molecule has 6 heteroatoms. The third-order valence-corrected chi connectivity index (χ3v) is 2.17. The van der Waals surface area contributed by atoms with Crippen molar-refractivity contribution in [3.05, 3.63) is 48.0 Å². The van der Waals surface area contributed by atoms with Crippen LogP contribution < -0.4 is 4.74 Å². The van der Waals surface area contributed by atoms with E-state index in [1.807, 2.05) is 18.2 Å². The fraction of sp³-hybridized carbons (Fsp3) is 0.167. The number of carboxylic acids is 1. The molecule has 1 N–H and O–H groups in total. The van der Waals surface area contributed by atoms with E-state index in [9.17, 15) is 4.79 Å². The maximum Gasteiger partial charge on any atom is 0.354 e. The number of hydrogen-bond acceptors (Lipinski definition) is 5. The van der Waals surface area contributed by atoms with Gasteiger partial charge in [-0.05, 0) is 18.2 Å². The van der Waals surface area contributed by atoms with Gasteiger partial charge in [-0.15, -0.1) is 0 Å². The lowest BCUT2D eigenvalue weighted by Gasteiger charge is -2.04. The van der Waals surface area contributed by atoms with Crippen LogP contribution in [-0.4, -0.2) is 32.6 Å². The van der Waals surface area contributed by atoms with Gasteiger partial charge in [0.1, 0.15) is 0 Å². The van der Waals surface area contributed by atoms with Gasteiger partial charge in [-0.1, -0.05) is 6.07 Å². The van der Waals surface area contributed by atoms with Crippen molar-refractivity contribution < 1.29 is 14.6 Å². The number of ether oxygens (including phenoxy) is 1. The highest BCUT2D eigenvalue weighted by Crippen LogP contribution is 2.04. The van der Waals surface area contributed by atoms with Crippen LogP contribution in [0.4, 0.5) is 0 Å². The Labute approximate surface area is 103 Å². The summed E-state index contributed by atoms with van der Waals surface area (Å²) in [6, 6.07) is 6.99. The highest BCUT2D eigenvalue weighted by Gasteiger charge is 2.06. The Balaban J connectivity index is 1.90. The molecule has 0 radical (unpaired) electrons. The van der Waals surface area contributed by atoms with Gasteiger partial charge >= 0.3 is 12.0 Å². The van der Waals surface area contributed by atoms with Crippen LogP contribution in [0.5, 0.6) is 6.01 Å². The van der Waals surface area contributed by atoms with Crippen molar-refractivity contribution in [2.45, 2.75) is 6.42 Å². The molecule has 0 aliphatic heterocycles. The Morgan fingerprint density at radius 2 is 2.11 bits per heavy atom. The second-order valence-electron chi connectivity index (χ2n) is 3.45. The number of aromatic carboxylic acids is 1. The monoisotopic (exact) mass is 245 g/mol. The van der Waals surface area contributed by atoms with Crippen LogP contribution in [0, 0.1) is 0 Å². The van der Waals surface area contributed by atoms with Gasteiger partial charge in [0.25, 0.3) is 0 Å². The van der Waals surface area contributed by atoms with E-state index in [-0.39, 0.29) is 11.7 Å². The molecule has 0 saturated heterocycles. The molecule has 0 amide bonds. The van der Waals surface area contributed by atoms with Gasteiger partial charge < -0.3 is 9.84 Å². The van der Waals surface area contributed by atoms with Crippen LogP contribution in [0.15, 0.2) is 36.7 Å². The van der Waals surface area contributed by atoms with Gasteiger partial charge in [-0.25, -0.2) is 9.78 Å². The molecule has 0 aromatic carbocycles. The first-order valence-electron chi connectivity index (χ1n) is 5.35. The minimum Gasteiger partial charge on any atom is -0.477 e. The average molecular weight is 245 g/mol. The first-order valence-corrected chi connectivity index (χ1v) is 5.35. The molecule has 6 nitrogen and oxygen atoms in total. The number of hydrogen-bond donors (Lipinski definition) is 1. The van der Waals surface area contributed by atoms with Crippen LogP contribution in [0.3, 0.4) is 0 Å². The molecule has 0 aliphatic carbocycles. The van der Waals surface area contributed by atoms with Gasteiger partial charge in [0, 0.05) is 24.5 Å². The zero-order valence-electron chi connectivity index (χ0n) is 9.48. The summed E-state index contributed by atoms with van der Waals surface area (Å²) in [5, 5.41) is 8.76. The predicted molar refractivity (Wildman–Crippen MR) is 62.4 cm³/mol. The number of pyridine rings is 1. The first kappa shape index (κ1) is 12.0. The number of aromatic nitrogens is 3. The molecule has 2 heterocycles. The van der Waals surface area contributed by atoms with Crippen molar-refractivity contribution in [2.24, 2.45) is 0 Å². The molecule has 0 aliphatic rings. The Morgan fingerprint density at radius 1 is 1.22 bits per heavy atom. The van der Waals surface area contributed by atoms with Crippen molar-refractivity contribution in [2.75, 3.05) is 6.61 Å². The van der Waals surface area contributed by atoms with Crippen LogP contribution in [0.25, 0.3) is 0 Å². The summed E-state index contributed by atoms with van der Waals surface area (Å²) in [7, 11) is 0. The van der Waals surface area contributed by atoms with Crippen molar-refractivity contribution in [3.8, 4) is 6.01 Å². The Morgan fingerprint density at radius 3 is 2.83 bits per heavy atom. The second kappa shape index (κ2) is 5.72. The normalized spacial score (nSPS) is 10.0. The Kier molecular flexibility index (Phi) is 3.80. The summed E-state index contributed by atoms with van der Waals surface area (Å²) >= 11 is 0. The summed E-state index contributed by atoms with van der Waals surface area (Å²) < 4.78 is 5.28. The second-order valence-corrected chi connectivity index (χ2v) is 3.45. The van der Waals surface area contributed by atoms with Gasteiger partial charge in [0.05, 0.1) is 6.61 Å². The average Bonchev–Trinajstić information content (AvgIpc) is 2.40. The lowest BCUT2D eigenvalue weighted by atomic mass is 10.3. The van der Waals surface area contributed by atoms with Crippen molar-refractivity contribution in [1.82, 2.24) is 15.0 Å². The van der Waals surface area contributed by atoms with Crippen LogP contribution in [0.1, 0.15) is 16.2 Å². The Hall–Kier alpha value is -2.50. The lowest BCUT2D eigenvalue weighted by molar-refractivity contribution is 0.0688. The smallest absolute Gasteiger partial charge is 0.354 e. The molecule has 0 fully saturated rings. The van der Waals surface area contributed by atoms with Gasteiger partial charge in [0.15, 0.2) is 5.69 Å². The fourth-order valence-corrected chi connectivity index (χ4v) is 1.32. The molecule has 18 heavy (non-hydrogen) atoms. The number of carbonyl (C=O) groups is 1. The molecule has 0 atom stereocenters. The van der Waals surface area contributed by atoms with E-state index >= 15 is 0 Å². The standard InChI is InChI=1S/C12H11N3O3/c16-11(17)10-4-7-14-12(15-10)18-8-5-9-3-1-2-6-13-9/h1-4,6-7H,5,8H2,(H,16,17). The highest BCUT2D eigenvalue weighted by atomic mass is 16.5. The summed E-state index contributed by atoms with van der Waals surface area (Å²) in [6.07, 6.45) is 3.67. The fourth-order valence-electron chi connectivity index (χ4n) is 1.32. The van der Waals surface area contributed by atoms with Crippen LogP contribution in [0.2, 0.25) is 0 Å². The molecule has 0 spiro atoms. The molecule has 2 rings (SSSR count). The third-order valence-electron chi connectivity index (χ3n) is 2.17. The summed E-state index contributed by atoms with van der Waals surface area (Å²) in [5.74, 6) is -1.10. The number of rotatable bonds is 5.